The van der Waals surface area contributed by atoms with E-state index in [0.29, 0.717) is 0 Å². The third-order valence-corrected chi connectivity index (χ3v) is 1.60. The van der Waals surface area contributed by atoms with Crippen molar-refractivity contribution in [2.24, 2.45) is 0 Å². The number of hydrazine groups is 1. The third kappa shape index (κ3) is 2.67. The van der Waals surface area contributed by atoms with Crippen LogP contribution in [-0.2, 0) is 0 Å². The molecule has 0 aromatic rings. The van der Waals surface area contributed by atoms with Crippen LogP contribution in [0.15, 0.2) is 0 Å². The van der Waals surface area contributed by atoms with E-state index in [1.54, 1.807) is 0 Å². The summed E-state index contributed by atoms with van der Waals surface area (Å²) in [5, 5.41) is 2.32. The quantitative estimate of drug-likeness (QED) is 0.595. The first kappa shape index (κ1) is 8.02. The summed E-state index contributed by atoms with van der Waals surface area (Å²) in [6, 6.07) is 0. The Kier molecular flexibility index (Phi) is 2.32. The average Bonchev–Trinajstić information content (AvgIpc) is 2.12. The second kappa shape index (κ2) is 2.89. The van der Waals surface area contributed by atoms with E-state index in [4.69, 9.17) is 0 Å². The van der Waals surface area contributed by atoms with Gasteiger partial charge in [-0.3, -0.25) is 0 Å². The molecule has 0 spiro atoms. The van der Waals surface area contributed by atoms with Crippen molar-refractivity contribution < 1.29 is 0 Å². The minimum Gasteiger partial charge on any atom is -0.250 e. The van der Waals surface area contributed by atoms with Gasteiger partial charge in [0.05, 0.1) is 0 Å². The summed E-state index contributed by atoms with van der Waals surface area (Å²) in [4.78, 5) is 0. The van der Waals surface area contributed by atoms with Crippen LogP contribution in [0.2, 0.25) is 0 Å². The molecule has 1 aliphatic heterocycles. The monoisotopic (exact) mass is 142 g/mol. The Bertz CT molecular complexity index is 98.3. The molecule has 1 heterocycles. The Balaban J connectivity index is 2.24. The molecule has 0 saturated carbocycles. The van der Waals surface area contributed by atoms with E-state index in [-0.39, 0.29) is 5.54 Å². The number of nitrogens with zero attached hydrogens (tertiary/aromatic N) is 1. The maximum absolute atomic E-state index is 3.45. The van der Waals surface area contributed by atoms with Gasteiger partial charge < -0.3 is 0 Å². The number of nitrogens with one attached hydrogen (secondary N) is 1. The van der Waals surface area contributed by atoms with Crippen LogP contribution in [-0.4, -0.2) is 23.6 Å². The van der Waals surface area contributed by atoms with E-state index < -0.39 is 0 Å². The average molecular weight is 142 g/mol. The Morgan fingerprint density at radius 2 is 1.60 bits per heavy atom. The van der Waals surface area contributed by atoms with E-state index in [1.165, 1.54) is 25.9 Å². The molecule has 60 valence electrons. The third-order valence-electron chi connectivity index (χ3n) is 1.60. The zero-order valence-electron chi connectivity index (χ0n) is 7.28. The van der Waals surface area contributed by atoms with Gasteiger partial charge in [0.15, 0.2) is 0 Å². The fourth-order valence-corrected chi connectivity index (χ4v) is 1.30. The molecule has 1 rings (SSSR count). The molecule has 1 fully saturated rings. The molecule has 2 nitrogen and oxygen atoms in total. The highest BCUT2D eigenvalue weighted by atomic mass is 15.5. The predicted octanol–water partition coefficient (Wildman–Crippen LogP) is 1.39. The summed E-state index contributed by atoms with van der Waals surface area (Å²) in [5.41, 5.74) is 3.69. The van der Waals surface area contributed by atoms with Crippen LogP contribution in [0.25, 0.3) is 0 Å². The van der Waals surface area contributed by atoms with E-state index in [9.17, 15) is 0 Å². The first-order chi connectivity index (χ1) is 4.58. The Morgan fingerprint density at radius 3 is 2.00 bits per heavy atom. The summed E-state index contributed by atoms with van der Waals surface area (Å²) in [6.07, 6.45) is 2.70. The molecular formula is C8H18N2. The minimum atomic E-state index is 0.240. The lowest BCUT2D eigenvalue weighted by atomic mass is 10.1. The number of rotatable bonds is 1. The minimum absolute atomic E-state index is 0.240. The Hall–Kier alpha value is -0.0800. The zero-order chi connectivity index (χ0) is 7.61. The van der Waals surface area contributed by atoms with Crippen molar-refractivity contribution in [2.45, 2.75) is 39.2 Å². The van der Waals surface area contributed by atoms with E-state index >= 15 is 0 Å². The molecule has 0 amide bonds. The molecule has 0 radical (unpaired) electrons. The van der Waals surface area contributed by atoms with Crippen molar-refractivity contribution in [3.8, 4) is 0 Å². The summed E-state index contributed by atoms with van der Waals surface area (Å²) in [6.45, 7) is 9.04. The van der Waals surface area contributed by atoms with Crippen molar-refractivity contribution in [1.82, 2.24) is 10.4 Å². The second-order valence-electron chi connectivity index (χ2n) is 4.06. The summed E-state index contributed by atoms with van der Waals surface area (Å²) < 4.78 is 0. The van der Waals surface area contributed by atoms with Crippen LogP contribution >= 0.6 is 0 Å². The maximum Gasteiger partial charge on any atom is 0.0241 e. The summed E-state index contributed by atoms with van der Waals surface area (Å²) in [7, 11) is 0. The fraction of sp³-hybridized carbons (Fsp3) is 1.00. The highest BCUT2D eigenvalue weighted by Gasteiger charge is 2.17. The van der Waals surface area contributed by atoms with Gasteiger partial charge in [-0.1, -0.05) is 0 Å². The Morgan fingerprint density at radius 1 is 1.10 bits per heavy atom. The molecule has 10 heavy (non-hydrogen) atoms. The van der Waals surface area contributed by atoms with Gasteiger partial charge in [-0.15, -0.1) is 0 Å². The van der Waals surface area contributed by atoms with E-state index in [1.807, 2.05) is 0 Å². The van der Waals surface area contributed by atoms with Crippen LogP contribution in [0.5, 0.6) is 0 Å². The lowest BCUT2D eigenvalue weighted by Crippen LogP contribution is -2.47. The van der Waals surface area contributed by atoms with Crippen LogP contribution in [0.1, 0.15) is 33.6 Å². The highest BCUT2D eigenvalue weighted by molar-refractivity contribution is 4.71. The van der Waals surface area contributed by atoms with Gasteiger partial charge >= 0.3 is 0 Å². The lowest BCUT2D eigenvalue weighted by Gasteiger charge is -2.27. The van der Waals surface area contributed by atoms with E-state index in [2.05, 4.69) is 31.2 Å². The van der Waals surface area contributed by atoms with Gasteiger partial charge in [0.1, 0.15) is 0 Å². The van der Waals surface area contributed by atoms with Crippen LogP contribution in [0.3, 0.4) is 0 Å². The first-order valence-electron chi connectivity index (χ1n) is 4.11. The Labute approximate surface area is 63.6 Å². The molecule has 0 aromatic heterocycles. The molecule has 1 aliphatic rings. The van der Waals surface area contributed by atoms with Gasteiger partial charge in [0, 0.05) is 18.6 Å². The second-order valence-corrected chi connectivity index (χ2v) is 4.06. The molecule has 0 aromatic carbocycles. The topological polar surface area (TPSA) is 15.3 Å². The van der Waals surface area contributed by atoms with E-state index in [0.717, 1.165) is 0 Å². The lowest BCUT2D eigenvalue weighted by molar-refractivity contribution is 0.161. The van der Waals surface area contributed by atoms with Crippen LogP contribution < -0.4 is 5.43 Å². The first-order valence-corrected chi connectivity index (χ1v) is 4.11. The molecule has 1 saturated heterocycles. The van der Waals surface area contributed by atoms with Gasteiger partial charge in [0.25, 0.3) is 0 Å². The van der Waals surface area contributed by atoms with Crippen molar-refractivity contribution in [3.63, 3.8) is 0 Å². The van der Waals surface area contributed by atoms with Gasteiger partial charge in [-0.05, 0) is 33.6 Å². The van der Waals surface area contributed by atoms with Crippen LogP contribution in [0.4, 0.5) is 0 Å². The molecule has 2 heteroatoms. The fourth-order valence-electron chi connectivity index (χ4n) is 1.30. The van der Waals surface area contributed by atoms with Crippen molar-refractivity contribution in [2.75, 3.05) is 13.1 Å². The standard InChI is InChI=1S/C8H18N2/c1-8(2,3)9-10-6-4-5-7-10/h9H,4-7H2,1-3H3. The molecule has 0 atom stereocenters. The molecule has 0 bridgehead atoms. The molecule has 0 aliphatic carbocycles. The van der Waals surface area contributed by atoms with Crippen molar-refractivity contribution in [1.29, 1.82) is 0 Å². The molecule has 1 N–H and O–H groups in total. The predicted molar refractivity (Wildman–Crippen MR) is 43.7 cm³/mol. The highest BCUT2D eigenvalue weighted by Crippen LogP contribution is 2.08. The van der Waals surface area contributed by atoms with Gasteiger partial charge in [-0.25, -0.2) is 10.4 Å². The van der Waals surface area contributed by atoms with Crippen LogP contribution in [0, 0.1) is 0 Å². The zero-order valence-corrected chi connectivity index (χ0v) is 7.28. The summed E-state index contributed by atoms with van der Waals surface area (Å²) in [5.74, 6) is 0. The molecule has 0 unspecified atom stereocenters. The largest absolute Gasteiger partial charge is 0.250 e. The SMILES string of the molecule is CC(C)(C)NN1CCCC1. The normalized spacial score (nSPS) is 21.9. The van der Waals surface area contributed by atoms with Gasteiger partial charge in [-0.2, -0.15) is 0 Å². The maximum atomic E-state index is 3.45. The van der Waals surface area contributed by atoms with Crippen molar-refractivity contribution >= 4 is 0 Å². The van der Waals surface area contributed by atoms with Crippen molar-refractivity contribution in [3.05, 3.63) is 0 Å². The number of hydrogen-bond donors (Lipinski definition) is 1. The summed E-state index contributed by atoms with van der Waals surface area (Å²) >= 11 is 0. The van der Waals surface area contributed by atoms with Gasteiger partial charge in [0.2, 0.25) is 0 Å². The molecular weight excluding hydrogens is 124 g/mol. The smallest absolute Gasteiger partial charge is 0.0241 e. The number of hydrogen-bond acceptors (Lipinski definition) is 2.